The molecule has 22 heavy (non-hydrogen) atoms. The summed E-state index contributed by atoms with van der Waals surface area (Å²) < 4.78 is 46.3. The zero-order valence-electron chi connectivity index (χ0n) is 12.5. The number of benzene rings is 1. The number of halogens is 2. The SMILES string of the molecule is COc1ccc(/C(Cl)=C/C=[N+](C)C)cc1OC.[O-][Cl+3]([O-])([O-])[O-]. The van der Waals surface area contributed by atoms with Crippen LogP contribution in [-0.2, 0) is 0 Å². The number of rotatable bonds is 4. The number of hydrogen-bond donors (Lipinski definition) is 0. The summed E-state index contributed by atoms with van der Waals surface area (Å²) >= 11 is 6.18. The highest BCUT2D eigenvalue weighted by atomic mass is 35.7. The Bertz CT molecular complexity index is 530. The molecule has 0 aliphatic rings. The lowest BCUT2D eigenvalue weighted by atomic mass is 10.2. The minimum absolute atomic E-state index is 0.652. The highest BCUT2D eigenvalue weighted by Crippen LogP contribution is 2.31. The van der Waals surface area contributed by atoms with Crippen LogP contribution in [-0.4, -0.2) is 39.1 Å². The van der Waals surface area contributed by atoms with Crippen LogP contribution in [0, 0.1) is 10.2 Å². The summed E-state index contributed by atoms with van der Waals surface area (Å²) in [6.45, 7) is 0. The minimum Gasteiger partial charge on any atom is -0.493 e. The lowest BCUT2D eigenvalue weighted by molar-refractivity contribution is -2.00. The standard InChI is InChI=1S/C13H17ClNO2.ClHO4/c1-15(2)8-7-11(14)10-5-6-12(16-3)13(9-10)17-4;2-1(3,4)5/h5-9H,1-4H3;(H,2,3,4,5)/q+1;/p-1/b11-7-;. The van der Waals surface area contributed by atoms with Gasteiger partial charge >= 0.3 is 0 Å². The van der Waals surface area contributed by atoms with Gasteiger partial charge in [0.15, 0.2) is 17.7 Å². The van der Waals surface area contributed by atoms with Gasteiger partial charge in [0.1, 0.15) is 14.1 Å². The molecule has 0 aliphatic heterocycles. The van der Waals surface area contributed by atoms with Crippen molar-refractivity contribution in [3.8, 4) is 11.5 Å². The molecule has 1 aromatic carbocycles. The normalized spacial score (nSPS) is 11.2. The molecule has 0 heterocycles. The van der Waals surface area contributed by atoms with E-state index in [2.05, 4.69) is 0 Å². The van der Waals surface area contributed by atoms with E-state index in [0.717, 1.165) is 5.56 Å². The fourth-order valence-corrected chi connectivity index (χ4v) is 1.47. The van der Waals surface area contributed by atoms with Crippen LogP contribution < -0.4 is 28.1 Å². The average molecular weight is 354 g/mol. The monoisotopic (exact) mass is 353 g/mol. The lowest BCUT2D eigenvalue weighted by Crippen LogP contribution is -2.68. The Morgan fingerprint density at radius 3 is 2.00 bits per heavy atom. The smallest absolute Gasteiger partial charge is 0.164 e. The molecule has 0 spiro atoms. The van der Waals surface area contributed by atoms with E-state index >= 15 is 0 Å². The van der Waals surface area contributed by atoms with Crippen molar-refractivity contribution in [1.29, 1.82) is 0 Å². The summed E-state index contributed by atoms with van der Waals surface area (Å²) in [6, 6.07) is 5.57. The van der Waals surface area contributed by atoms with E-state index in [1.165, 1.54) is 0 Å². The molecule has 7 nitrogen and oxygen atoms in total. The van der Waals surface area contributed by atoms with E-state index in [9.17, 15) is 0 Å². The molecule has 0 bridgehead atoms. The third kappa shape index (κ3) is 9.56. The van der Waals surface area contributed by atoms with E-state index in [1.54, 1.807) is 14.2 Å². The van der Waals surface area contributed by atoms with Gasteiger partial charge in [0.2, 0.25) is 0 Å². The summed E-state index contributed by atoms with van der Waals surface area (Å²) in [7, 11) is 2.14. The average Bonchev–Trinajstić information content (AvgIpc) is 2.42. The molecular formula is C13H17Cl2NO6. The Balaban J connectivity index is 0.000000763. The molecule has 1 rings (SSSR count). The first kappa shape index (κ1) is 20.6. The van der Waals surface area contributed by atoms with Crippen molar-refractivity contribution >= 4 is 22.8 Å². The molecule has 0 fully saturated rings. The molecule has 124 valence electrons. The van der Waals surface area contributed by atoms with E-state index in [1.807, 2.05) is 49.2 Å². The molecular weight excluding hydrogens is 337 g/mol. The second-order valence-electron chi connectivity index (χ2n) is 4.08. The highest BCUT2D eigenvalue weighted by Gasteiger charge is 2.06. The van der Waals surface area contributed by atoms with Gasteiger partial charge in [0, 0.05) is 6.08 Å². The summed E-state index contributed by atoms with van der Waals surface area (Å²) in [5, 5.41) is 0.652. The van der Waals surface area contributed by atoms with Crippen molar-refractivity contribution in [2.45, 2.75) is 0 Å². The Kier molecular flexibility index (Phi) is 9.03. The van der Waals surface area contributed by atoms with Crippen LogP contribution in [0.1, 0.15) is 5.56 Å². The van der Waals surface area contributed by atoms with Crippen LogP contribution in [0.3, 0.4) is 0 Å². The quantitative estimate of drug-likeness (QED) is 0.451. The van der Waals surface area contributed by atoms with Crippen molar-refractivity contribution < 1.29 is 42.9 Å². The topological polar surface area (TPSA) is 114 Å². The van der Waals surface area contributed by atoms with Gasteiger partial charge in [-0.15, -0.1) is 10.2 Å². The Morgan fingerprint density at radius 1 is 1.09 bits per heavy atom. The molecule has 0 amide bonds. The summed E-state index contributed by atoms with van der Waals surface area (Å²) in [5.74, 6) is 1.36. The van der Waals surface area contributed by atoms with Gasteiger partial charge in [0.25, 0.3) is 0 Å². The Morgan fingerprint density at radius 2 is 1.59 bits per heavy atom. The van der Waals surface area contributed by atoms with Crippen molar-refractivity contribution in [1.82, 2.24) is 0 Å². The maximum absolute atomic E-state index is 8.49. The van der Waals surface area contributed by atoms with Crippen LogP contribution in [0.2, 0.25) is 0 Å². The van der Waals surface area contributed by atoms with Crippen LogP contribution >= 0.6 is 11.6 Å². The maximum Gasteiger partial charge on any atom is 0.164 e. The predicted octanol–water partition coefficient (Wildman–Crippen LogP) is -2.13. The molecule has 0 aromatic heterocycles. The summed E-state index contributed by atoms with van der Waals surface area (Å²) in [5.41, 5.74) is 0.891. The fourth-order valence-electron chi connectivity index (χ4n) is 1.30. The first-order valence-electron chi connectivity index (χ1n) is 5.79. The largest absolute Gasteiger partial charge is 0.493 e. The predicted molar refractivity (Wildman–Crippen MR) is 71.5 cm³/mol. The third-order valence-electron chi connectivity index (χ3n) is 2.18. The number of ether oxygens (including phenoxy) is 2. The second kappa shape index (κ2) is 9.62. The van der Waals surface area contributed by atoms with Crippen molar-refractivity contribution in [3.05, 3.63) is 29.8 Å². The lowest BCUT2D eigenvalue weighted by Gasteiger charge is -2.17. The molecule has 0 saturated heterocycles. The van der Waals surface area contributed by atoms with Gasteiger partial charge < -0.3 is 9.47 Å². The first-order valence-corrected chi connectivity index (χ1v) is 7.41. The zero-order valence-corrected chi connectivity index (χ0v) is 14.1. The van der Waals surface area contributed by atoms with Gasteiger partial charge in [0.05, 0.1) is 19.3 Å². The second-order valence-corrected chi connectivity index (χ2v) is 5.24. The summed E-state index contributed by atoms with van der Waals surface area (Å²) in [6.07, 6.45) is 3.72. The van der Waals surface area contributed by atoms with Crippen molar-refractivity contribution in [3.63, 3.8) is 0 Å². The van der Waals surface area contributed by atoms with Crippen molar-refractivity contribution in [2.75, 3.05) is 28.3 Å². The summed E-state index contributed by atoms with van der Waals surface area (Å²) in [4.78, 5) is 0. The fraction of sp³-hybridized carbons (Fsp3) is 0.308. The number of nitrogens with zero attached hydrogens (tertiary/aromatic N) is 1. The van der Waals surface area contributed by atoms with Crippen LogP contribution in [0.5, 0.6) is 11.5 Å². The van der Waals surface area contributed by atoms with Gasteiger partial charge in [-0.25, -0.2) is 23.2 Å². The molecule has 0 N–H and O–H groups in total. The number of allylic oxidation sites excluding steroid dienone is 1. The van der Waals surface area contributed by atoms with E-state index in [-0.39, 0.29) is 0 Å². The zero-order chi connectivity index (χ0) is 17.3. The molecule has 0 unspecified atom stereocenters. The van der Waals surface area contributed by atoms with Gasteiger partial charge in [-0.3, -0.25) is 0 Å². The Hall–Kier alpha value is -1.35. The molecule has 0 atom stereocenters. The molecule has 0 aliphatic carbocycles. The first-order chi connectivity index (χ1) is 10.1. The molecule has 9 heteroatoms. The third-order valence-corrected chi connectivity index (χ3v) is 2.52. The van der Waals surface area contributed by atoms with E-state index in [0.29, 0.717) is 16.5 Å². The number of methoxy groups -OCH3 is 2. The molecule has 1 aromatic rings. The van der Waals surface area contributed by atoms with E-state index in [4.69, 9.17) is 39.7 Å². The minimum atomic E-state index is -4.94. The Labute approximate surface area is 136 Å². The molecule has 0 radical (unpaired) electrons. The highest BCUT2D eigenvalue weighted by molar-refractivity contribution is 6.49. The maximum atomic E-state index is 8.49. The van der Waals surface area contributed by atoms with E-state index < -0.39 is 10.2 Å². The van der Waals surface area contributed by atoms with Crippen LogP contribution in [0.25, 0.3) is 5.03 Å². The van der Waals surface area contributed by atoms with Gasteiger partial charge in [-0.1, -0.05) is 11.6 Å². The van der Waals surface area contributed by atoms with Gasteiger partial charge in [-0.05, 0) is 23.8 Å². The molecule has 0 saturated carbocycles. The van der Waals surface area contributed by atoms with Crippen LogP contribution in [0.15, 0.2) is 24.3 Å². The number of hydrogen-bond acceptors (Lipinski definition) is 6. The van der Waals surface area contributed by atoms with Crippen LogP contribution in [0.4, 0.5) is 0 Å². The van der Waals surface area contributed by atoms with Crippen molar-refractivity contribution in [2.24, 2.45) is 0 Å². The van der Waals surface area contributed by atoms with Gasteiger partial charge in [-0.2, -0.15) is 0 Å².